The number of unbranched alkanes of at least 4 members (excludes halogenated alkanes) is 2. The fourth-order valence-electron chi connectivity index (χ4n) is 4.04. The number of nitrogens with zero attached hydrogens (tertiary/aromatic N) is 2. The van der Waals surface area contributed by atoms with E-state index in [2.05, 4.69) is 19.2 Å². The Labute approximate surface area is 174 Å². The van der Waals surface area contributed by atoms with Crippen molar-refractivity contribution in [3.8, 4) is 0 Å². The van der Waals surface area contributed by atoms with E-state index >= 15 is 0 Å². The average Bonchev–Trinajstić information content (AvgIpc) is 3.11. The van der Waals surface area contributed by atoms with Crippen molar-refractivity contribution in [3.05, 3.63) is 0 Å². The fraction of sp³-hybridized carbons (Fsp3) is 0.857. The molecule has 2 saturated heterocycles. The summed E-state index contributed by atoms with van der Waals surface area (Å²) in [6.45, 7) is 8.90. The zero-order valence-corrected chi connectivity index (χ0v) is 18.2. The average molecular weight is 412 g/mol. The lowest BCUT2D eigenvalue weighted by Gasteiger charge is -2.39. The number of urea groups is 1. The first-order valence-corrected chi connectivity index (χ1v) is 11.1. The quantitative estimate of drug-likeness (QED) is 0.441. The minimum atomic E-state index is -0.207. The second-order valence-corrected chi connectivity index (χ2v) is 8.00. The molecule has 2 atom stereocenters. The molecule has 0 spiro atoms. The molecule has 0 saturated carbocycles. The van der Waals surface area contributed by atoms with Crippen LogP contribution < -0.4 is 5.32 Å². The predicted octanol–water partition coefficient (Wildman–Crippen LogP) is 3.15. The van der Waals surface area contributed by atoms with Crippen molar-refractivity contribution in [2.24, 2.45) is 5.92 Å². The molecule has 29 heavy (non-hydrogen) atoms. The van der Waals surface area contributed by atoms with Gasteiger partial charge in [0.05, 0.1) is 12.6 Å². The summed E-state index contributed by atoms with van der Waals surface area (Å²) in [6, 6.07) is 0.250. The Kier molecular flexibility index (Phi) is 9.54. The number of hydrogen-bond donors (Lipinski definition) is 1. The molecule has 8 nitrogen and oxygen atoms in total. The van der Waals surface area contributed by atoms with Gasteiger partial charge in [-0.25, -0.2) is 9.59 Å². The van der Waals surface area contributed by atoms with Crippen LogP contribution in [-0.4, -0.2) is 72.8 Å². The van der Waals surface area contributed by atoms with Crippen LogP contribution in [0, 0.1) is 5.92 Å². The molecule has 2 rings (SSSR count). The molecule has 2 aliphatic rings. The fourth-order valence-corrected chi connectivity index (χ4v) is 4.04. The second-order valence-electron chi connectivity index (χ2n) is 8.00. The van der Waals surface area contributed by atoms with E-state index in [4.69, 9.17) is 9.47 Å². The van der Waals surface area contributed by atoms with E-state index in [-0.39, 0.29) is 30.2 Å². The van der Waals surface area contributed by atoms with Crippen molar-refractivity contribution in [3.63, 3.8) is 0 Å². The molecule has 0 aliphatic carbocycles. The normalized spacial score (nSPS) is 21.1. The number of amides is 3. The minimum absolute atomic E-state index is 0.0451. The number of rotatable bonds is 10. The van der Waals surface area contributed by atoms with Gasteiger partial charge in [-0.1, -0.05) is 26.7 Å². The van der Waals surface area contributed by atoms with Crippen LogP contribution in [0.3, 0.4) is 0 Å². The topological polar surface area (TPSA) is 88.2 Å². The number of carbonyl (C=O) groups is 3. The first-order valence-electron chi connectivity index (χ1n) is 11.1. The molecule has 2 aliphatic heterocycles. The number of esters is 1. The van der Waals surface area contributed by atoms with E-state index in [1.54, 1.807) is 6.92 Å². The standard InChI is InChI=1S/C21H37N3O5/c1-4-16(3)18-15-29-21(27)24(18)17-10-13-23(14-11-17)20(26)22-12-8-6-7-9-19(25)28-5-2/h16-18H,4-15H2,1-3H3,(H,22,26). The molecule has 2 fully saturated rings. The van der Waals surface area contributed by atoms with Crippen molar-refractivity contribution in [2.45, 2.75) is 77.8 Å². The number of likely N-dealkylation sites (tertiary alicyclic amines) is 1. The van der Waals surface area contributed by atoms with Crippen LogP contribution in [0.4, 0.5) is 9.59 Å². The number of cyclic esters (lactones) is 1. The number of piperidine rings is 1. The lowest BCUT2D eigenvalue weighted by atomic mass is 9.95. The molecule has 0 aromatic carbocycles. The lowest BCUT2D eigenvalue weighted by molar-refractivity contribution is -0.143. The van der Waals surface area contributed by atoms with Gasteiger partial charge >= 0.3 is 18.1 Å². The van der Waals surface area contributed by atoms with Gasteiger partial charge in [0.25, 0.3) is 0 Å². The Morgan fingerprint density at radius 1 is 1.21 bits per heavy atom. The molecule has 3 amide bonds. The van der Waals surface area contributed by atoms with Gasteiger partial charge in [-0.15, -0.1) is 0 Å². The summed E-state index contributed by atoms with van der Waals surface area (Å²) in [4.78, 5) is 39.6. The van der Waals surface area contributed by atoms with Crippen LogP contribution in [0.25, 0.3) is 0 Å². The molecular formula is C21H37N3O5. The summed E-state index contributed by atoms with van der Waals surface area (Å²) in [5.74, 6) is 0.253. The van der Waals surface area contributed by atoms with Crippen LogP contribution >= 0.6 is 0 Å². The molecule has 8 heteroatoms. The van der Waals surface area contributed by atoms with Crippen LogP contribution in [-0.2, 0) is 14.3 Å². The second kappa shape index (κ2) is 11.9. The Morgan fingerprint density at radius 3 is 2.59 bits per heavy atom. The van der Waals surface area contributed by atoms with Crippen LogP contribution in [0.2, 0.25) is 0 Å². The maximum Gasteiger partial charge on any atom is 0.410 e. The van der Waals surface area contributed by atoms with Gasteiger partial charge in [-0.05, 0) is 38.5 Å². The molecule has 0 aromatic rings. The Morgan fingerprint density at radius 2 is 1.93 bits per heavy atom. The molecule has 0 bridgehead atoms. The highest BCUT2D eigenvalue weighted by molar-refractivity contribution is 5.74. The minimum Gasteiger partial charge on any atom is -0.466 e. The predicted molar refractivity (Wildman–Crippen MR) is 110 cm³/mol. The van der Waals surface area contributed by atoms with Gasteiger partial charge in [-0.3, -0.25) is 9.69 Å². The number of carbonyl (C=O) groups excluding carboxylic acids is 3. The highest BCUT2D eigenvalue weighted by atomic mass is 16.6. The van der Waals surface area contributed by atoms with Gasteiger partial charge in [0.2, 0.25) is 0 Å². The smallest absolute Gasteiger partial charge is 0.410 e. The third kappa shape index (κ3) is 6.78. The Balaban J connectivity index is 1.65. The van der Waals surface area contributed by atoms with E-state index in [9.17, 15) is 14.4 Å². The highest BCUT2D eigenvalue weighted by Gasteiger charge is 2.41. The van der Waals surface area contributed by atoms with Crippen LogP contribution in [0.15, 0.2) is 0 Å². The lowest BCUT2D eigenvalue weighted by Crippen LogP contribution is -2.52. The molecule has 166 valence electrons. The largest absolute Gasteiger partial charge is 0.466 e. The third-order valence-electron chi connectivity index (χ3n) is 6.03. The van der Waals surface area contributed by atoms with Gasteiger partial charge in [0.1, 0.15) is 6.61 Å². The van der Waals surface area contributed by atoms with E-state index in [1.165, 1.54) is 0 Å². The zero-order valence-electron chi connectivity index (χ0n) is 18.2. The van der Waals surface area contributed by atoms with E-state index in [1.807, 2.05) is 9.80 Å². The van der Waals surface area contributed by atoms with Gasteiger partial charge in [-0.2, -0.15) is 0 Å². The maximum atomic E-state index is 12.4. The SMILES string of the molecule is CCOC(=O)CCCCCNC(=O)N1CCC(N2C(=O)OCC2C(C)CC)CC1. The first-order chi connectivity index (χ1) is 14.0. The Hall–Kier alpha value is -1.99. The summed E-state index contributed by atoms with van der Waals surface area (Å²) in [6.07, 6.45) is 5.33. The molecule has 2 unspecified atom stereocenters. The summed E-state index contributed by atoms with van der Waals surface area (Å²) in [5, 5.41) is 2.96. The van der Waals surface area contributed by atoms with E-state index in [0.29, 0.717) is 45.2 Å². The van der Waals surface area contributed by atoms with E-state index in [0.717, 1.165) is 38.5 Å². The highest BCUT2D eigenvalue weighted by Crippen LogP contribution is 2.28. The van der Waals surface area contributed by atoms with Crippen molar-refractivity contribution in [2.75, 3.05) is 32.8 Å². The third-order valence-corrected chi connectivity index (χ3v) is 6.03. The van der Waals surface area contributed by atoms with E-state index < -0.39 is 0 Å². The zero-order chi connectivity index (χ0) is 21.2. The van der Waals surface area contributed by atoms with Crippen molar-refractivity contribution >= 4 is 18.1 Å². The number of ether oxygens (including phenoxy) is 2. The maximum absolute atomic E-state index is 12.4. The summed E-state index contributed by atoms with van der Waals surface area (Å²) in [7, 11) is 0. The first kappa shape index (κ1) is 23.3. The van der Waals surface area contributed by atoms with Gasteiger partial charge in [0.15, 0.2) is 0 Å². The Bertz CT molecular complexity index is 548. The molecule has 0 radical (unpaired) electrons. The molecule has 2 heterocycles. The number of hydrogen-bond acceptors (Lipinski definition) is 5. The number of nitrogens with one attached hydrogen (secondary N) is 1. The van der Waals surface area contributed by atoms with Gasteiger partial charge in [0, 0.05) is 32.1 Å². The summed E-state index contributed by atoms with van der Waals surface area (Å²) < 4.78 is 10.2. The summed E-state index contributed by atoms with van der Waals surface area (Å²) >= 11 is 0. The molecule has 0 aromatic heterocycles. The molecule has 1 N–H and O–H groups in total. The summed E-state index contributed by atoms with van der Waals surface area (Å²) in [5.41, 5.74) is 0. The molecular weight excluding hydrogens is 374 g/mol. The van der Waals surface area contributed by atoms with Crippen LogP contribution in [0.1, 0.15) is 65.7 Å². The van der Waals surface area contributed by atoms with Gasteiger partial charge < -0.3 is 19.7 Å². The van der Waals surface area contributed by atoms with Crippen LogP contribution in [0.5, 0.6) is 0 Å². The van der Waals surface area contributed by atoms with Crippen molar-refractivity contribution in [1.82, 2.24) is 15.1 Å². The monoisotopic (exact) mass is 411 g/mol. The van der Waals surface area contributed by atoms with Crippen molar-refractivity contribution < 1.29 is 23.9 Å². The van der Waals surface area contributed by atoms with Crippen molar-refractivity contribution in [1.29, 1.82) is 0 Å².